The molecule has 10 heteroatoms. The zero-order valence-corrected chi connectivity index (χ0v) is 19.9. The summed E-state index contributed by atoms with van der Waals surface area (Å²) in [5, 5.41) is 2.96. The van der Waals surface area contributed by atoms with E-state index in [0.29, 0.717) is 43.5 Å². The number of benzene rings is 2. The number of ether oxygens (including phenoxy) is 3. The largest absolute Gasteiger partial charge is 0.493 e. The molecule has 1 heterocycles. The van der Waals surface area contributed by atoms with Gasteiger partial charge in [-0.1, -0.05) is 11.6 Å². The van der Waals surface area contributed by atoms with Crippen molar-refractivity contribution >= 4 is 33.2 Å². The van der Waals surface area contributed by atoms with E-state index in [1.54, 1.807) is 19.1 Å². The van der Waals surface area contributed by atoms with E-state index in [2.05, 4.69) is 5.32 Å². The monoisotopic (exact) mass is 482 g/mol. The van der Waals surface area contributed by atoms with Gasteiger partial charge in [-0.15, -0.1) is 0 Å². The van der Waals surface area contributed by atoms with Crippen molar-refractivity contribution in [2.45, 2.75) is 31.6 Å². The number of nitrogens with zero attached hydrogens (tertiary/aromatic N) is 1. The van der Waals surface area contributed by atoms with Crippen LogP contribution >= 0.6 is 11.6 Å². The molecule has 2 aromatic rings. The van der Waals surface area contributed by atoms with Crippen LogP contribution in [-0.4, -0.2) is 52.0 Å². The maximum absolute atomic E-state index is 13.2. The Hall–Kier alpha value is -2.49. The summed E-state index contributed by atoms with van der Waals surface area (Å²) < 4.78 is 44.1. The van der Waals surface area contributed by atoms with Crippen molar-refractivity contribution in [2.24, 2.45) is 0 Å². The fourth-order valence-corrected chi connectivity index (χ4v) is 5.41. The Bertz CT molecular complexity index is 1080. The number of nitrogens with one attached hydrogen (secondary N) is 1. The number of sulfonamides is 1. The van der Waals surface area contributed by atoms with Crippen molar-refractivity contribution in [1.29, 1.82) is 0 Å². The fraction of sp³-hybridized carbons (Fsp3) is 0.409. The number of amides is 1. The molecule has 0 radical (unpaired) electrons. The highest BCUT2D eigenvalue weighted by molar-refractivity contribution is 7.89. The fourth-order valence-electron chi connectivity index (χ4n) is 3.47. The molecule has 0 bridgehead atoms. The first-order valence-corrected chi connectivity index (χ1v) is 12.2. The molecule has 1 aliphatic rings. The van der Waals surface area contributed by atoms with Gasteiger partial charge in [-0.2, -0.15) is 4.31 Å². The van der Waals surface area contributed by atoms with Gasteiger partial charge in [0.1, 0.15) is 10.6 Å². The molecule has 1 aliphatic heterocycles. The summed E-state index contributed by atoms with van der Waals surface area (Å²) >= 11 is 6.27. The number of carbonyl (C=O) groups is 1. The third-order valence-corrected chi connectivity index (χ3v) is 7.17. The minimum atomic E-state index is -3.74. The molecule has 174 valence electrons. The first-order valence-electron chi connectivity index (χ1n) is 10.4. The molecule has 0 saturated carbocycles. The standard InChI is InChI=1S/C22H27ClN2O6S/c1-4-30-18-9-8-16(14-20(18)32(27,28)25-10-6-7-11-25)24-22(26)15-12-17(23)21(31-5-2)19(13-15)29-3/h8-9,12-14H,4-7,10-11H2,1-3H3,(H,24,26). The van der Waals surface area contributed by atoms with Crippen LogP contribution in [0.5, 0.6) is 17.2 Å². The Balaban J connectivity index is 1.92. The Morgan fingerprint density at radius 2 is 1.75 bits per heavy atom. The molecule has 1 amide bonds. The summed E-state index contributed by atoms with van der Waals surface area (Å²) in [5.74, 6) is 0.465. The molecular weight excluding hydrogens is 456 g/mol. The predicted octanol–water partition coefficient (Wildman–Crippen LogP) is 4.18. The zero-order chi connectivity index (χ0) is 23.3. The molecular formula is C22H27ClN2O6S. The molecule has 0 atom stereocenters. The van der Waals surface area contributed by atoms with Crippen LogP contribution in [0.1, 0.15) is 37.0 Å². The zero-order valence-electron chi connectivity index (χ0n) is 18.3. The van der Waals surface area contributed by atoms with Crippen LogP contribution in [0.25, 0.3) is 0 Å². The Kier molecular flexibility index (Phi) is 7.86. The van der Waals surface area contributed by atoms with E-state index in [9.17, 15) is 13.2 Å². The molecule has 1 N–H and O–H groups in total. The van der Waals surface area contributed by atoms with Crippen molar-refractivity contribution in [3.05, 3.63) is 40.9 Å². The minimum Gasteiger partial charge on any atom is -0.493 e. The van der Waals surface area contributed by atoms with Gasteiger partial charge in [-0.05, 0) is 57.0 Å². The molecule has 0 aromatic heterocycles. The summed E-state index contributed by atoms with van der Waals surface area (Å²) in [6, 6.07) is 7.56. The van der Waals surface area contributed by atoms with Gasteiger partial charge in [0.05, 0.1) is 25.3 Å². The van der Waals surface area contributed by atoms with Crippen LogP contribution in [0.4, 0.5) is 5.69 Å². The lowest BCUT2D eigenvalue weighted by atomic mass is 10.1. The summed E-state index contributed by atoms with van der Waals surface area (Å²) in [6.07, 6.45) is 1.64. The van der Waals surface area contributed by atoms with Gasteiger partial charge in [0, 0.05) is 24.3 Å². The molecule has 0 spiro atoms. The maximum Gasteiger partial charge on any atom is 0.255 e. The lowest BCUT2D eigenvalue weighted by Gasteiger charge is -2.19. The van der Waals surface area contributed by atoms with Crippen LogP contribution < -0.4 is 19.5 Å². The van der Waals surface area contributed by atoms with E-state index in [4.69, 9.17) is 25.8 Å². The van der Waals surface area contributed by atoms with Crippen LogP contribution in [0.3, 0.4) is 0 Å². The second-order valence-electron chi connectivity index (χ2n) is 7.08. The van der Waals surface area contributed by atoms with Crippen molar-refractivity contribution < 1.29 is 27.4 Å². The normalized spacial score (nSPS) is 14.2. The van der Waals surface area contributed by atoms with Gasteiger partial charge >= 0.3 is 0 Å². The predicted molar refractivity (Wildman–Crippen MR) is 123 cm³/mol. The molecule has 1 saturated heterocycles. The molecule has 1 fully saturated rings. The van der Waals surface area contributed by atoms with Crippen molar-refractivity contribution in [3.8, 4) is 17.2 Å². The quantitative estimate of drug-likeness (QED) is 0.576. The Morgan fingerprint density at radius 3 is 2.38 bits per heavy atom. The second-order valence-corrected chi connectivity index (χ2v) is 9.40. The van der Waals surface area contributed by atoms with Crippen LogP contribution in [0, 0.1) is 0 Å². The molecule has 8 nitrogen and oxygen atoms in total. The van der Waals surface area contributed by atoms with E-state index >= 15 is 0 Å². The number of hydrogen-bond acceptors (Lipinski definition) is 6. The van der Waals surface area contributed by atoms with Crippen molar-refractivity contribution in [3.63, 3.8) is 0 Å². The second kappa shape index (κ2) is 10.4. The van der Waals surface area contributed by atoms with E-state index < -0.39 is 15.9 Å². The highest BCUT2D eigenvalue weighted by atomic mass is 35.5. The van der Waals surface area contributed by atoms with E-state index in [-0.39, 0.29) is 21.2 Å². The molecule has 0 unspecified atom stereocenters. The number of halogens is 1. The maximum atomic E-state index is 13.2. The summed E-state index contributed by atoms with van der Waals surface area (Å²) in [5.41, 5.74) is 0.563. The van der Waals surface area contributed by atoms with Gasteiger partial charge in [0.15, 0.2) is 11.5 Å². The molecule has 2 aromatic carbocycles. The first-order chi connectivity index (χ1) is 15.3. The van der Waals surface area contributed by atoms with Gasteiger partial charge in [-0.25, -0.2) is 8.42 Å². The number of methoxy groups -OCH3 is 1. The van der Waals surface area contributed by atoms with Crippen molar-refractivity contribution in [1.82, 2.24) is 4.31 Å². The third-order valence-electron chi connectivity index (χ3n) is 4.96. The smallest absolute Gasteiger partial charge is 0.255 e. The number of hydrogen-bond donors (Lipinski definition) is 1. The lowest BCUT2D eigenvalue weighted by Crippen LogP contribution is -2.28. The topological polar surface area (TPSA) is 94.2 Å². The Morgan fingerprint density at radius 1 is 1.06 bits per heavy atom. The van der Waals surface area contributed by atoms with Crippen LogP contribution in [0.2, 0.25) is 5.02 Å². The average Bonchev–Trinajstić information content (AvgIpc) is 3.32. The minimum absolute atomic E-state index is 0.0290. The molecule has 0 aliphatic carbocycles. The van der Waals surface area contributed by atoms with Gasteiger partial charge < -0.3 is 19.5 Å². The molecule has 32 heavy (non-hydrogen) atoms. The van der Waals surface area contributed by atoms with Gasteiger partial charge in [0.2, 0.25) is 10.0 Å². The summed E-state index contributed by atoms with van der Waals surface area (Å²) in [4.78, 5) is 12.9. The molecule has 3 rings (SSSR count). The highest BCUT2D eigenvalue weighted by Gasteiger charge is 2.30. The van der Waals surface area contributed by atoms with Gasteiger partial charge in [0.25, 0.3) is 5.91 Å². The lowest BCUT2D eigenvalue weighted by molar-refractivity contribution is 0.102. The highest BCUT2D eigenvalue weighted by Crippen LogP contribution is 2.37. The third kappa shape index (κ3) is 5.11. The van der Waals surface area contributed by atoms with Gasteiger partial charge in [-0.3, -0.25) is 4.79 Å². The van der Waals surface area contributed by atoms with Crippen LogP contribution in [-0.2, 0) is 10.0 Å². The first kappa shape index (κ1) is 24.2. The van der Waals surface area contributed by atoms with E-state index in [1.807, 2.05) is 6.92 Å². The average molecular weight is 483 g/mol. The number of anilines is 1. The van der Waals surface area contributed by atoms with Crippen LogP contribution in [0.15, 0.2) is 35.2 Å². The SMILES string of the molecule is CCOc1ccc(NC(=O)c2cc(Cl)c(OCC)c(OC)c2)cc1S(=O)(=O)N1CCCC1. The number of carbonyl (C=O) groups excluding carboxylic acids is 1. The van der Waals surface area contributed by atoms with E-state index in [0.717, 1.165) is 12.8 Å². The number of rotatable bonds is 9. The van der Waals surface area contributed by atoms with E-state index in [1.165, 1.54) is 29.6 Å². The summed E-state index contributed by atoms with van der Waals surface area (Å²) in [6.45, 7) is 5.24. The Labute approximate surface area is 193 Å². The van der Waals surface area contributed by atoms with Crippen molar-refractivity contribution in [2.75, 3.05) is 38.7 Å². The summed E-state index contributed by atoms with van der Waals surface area (Å²) in [7, 11) is -2.29.